The standard InChI is InChI=1S/C22H28N4O4S/c1-13-20-18(11-22(2,3)12-19(20)27)26(25-13)15-4-5-16(21(23)28)17(10-15)24-14-6-8-31(29,30)9-7-14/h4-5,10,14,24H,6-9,11-12H2,1-3H3,(H2,23,28). The van der Waals surface area contributed by atoms with E-state index in [2.05, 4.69) is 24.3 Å². The van der Waals surface area contributed by atoms with Gasteiger partial charge in [-0.1, -0.05) is 13.8 Å². The molecule has 2 aromatic rings. The Kier molecular flexibility index (Phi) is 5.20. The van der Waals surface area contributed by atoms with Crippen LogP contribution in [0.3, 0.4) is 0 Å². The number of rotatable bonds is 4. The summed E-state index contributed by atoms with van der Waals surface area (Å²) in [5.74, 6) is -0.212. The number of carbonyl (C=O) groups excluding carboxylic acids is 2. The van der Waals surface area contributed by atoms with Gasteiger partial charge in [0.15, 0.2) is 5.78 Å². The lowest BCUT2D eigenvalue weighted by atomic mass is 9.75. The van der Waals surface area contributed by atoms with Crippen LogP contribution in [0.4, 0.5) is 5.69 Å². The summed E-state index contributed by atoms with van der Waals surface area (Å²) in [6.45, 7) is 5.98. The zero-order valence-electron chi connectivity index (χ0n) is 18.1. The average Bonchev–Trinajstić information content (AvgIpc) is 2.98. The van der Waals surface area contributed by atoms with Gasteiger partial charge < -0.3 is 11.1 Å². The molecule has 4 rings (SSSR count). The summed E-state index contributed by atoms with van der Waals surface area (Å²) in [7, 11) is -2.99. The maximum atomic E-state index is 12.7. The predicted octanol–water partition coefficient (Wildman–Crippen LogP) is 2.42. The highest BCUT2D eigenvalue weighted by atomic mass is 32.2. The molecule has 0 bridgehead atoms. The van der Waals surface area contributed by atoms with Crippen molar-refractivity contribution in [2.45, 2.75) is 52.5 Å². The van der Waals surface area contributed by atoms with E-state index in [-0.39, 0.29) is 28.7 Å². The van der Waals surface area contributed by atoms with Crippen molar-refractivity contribution in [1.82, 2.24) is 9.78 Å². The zero-order chi connectivity index (χ0) is 22.6. The van der Waals surface area contributed by atoms with E-state index in [0.717, 1.165) is 17.8 Å². The molecule has 1 aromatic heterocycles. The van der Waals surface area contributed by atoms with Gasteiger partial charge in [-0.25, -0.2) is 13.1 Å². The number of aromatic nitrogens is 2. The number of nitrogens with zero attached hydrogens (tertiary/aromatic N) is 2. The summed E-state index contributed by atoms with van der Waals surface area (Å²) in [6.07, 6.45) is 2.16. The van der Waals surface area contributed by atoms with Crippen LogP contribution in [0, 0.1) is 12.3 Å². The fourth-order valence-electron chi connectivity index (χ4n) is 4.61. The third-order valence-electron chi connectivity index (χ3n) is 6.15. The Balaban J connectivity index is 1.73. The van der Waals surface area contributed by atoms with E-state index in [4.69, 9.17) is 5.73 Å². The van der Waals surface area contributed by atoms with E-state index in [1.165, 1.54) is 0 Å². The third-order valence-corrected chi connectivity index (χ3v) is 7.86. The maximum Gasteiger partial charge on any atom is 0.250 e. The van der Waals surface area contributed by atoms with Crippen LogP contribution in [0.2, 0.25) is 0 Å². The molecule has 0 unspecified atom stereocenters. The Bertz CT molecular complexity index is 1170. The number of amides is 1. The Morgan fingerprint density at radius 1 is 1.23 bits per heavy atom. The molecule has 0 atom stereocenters. The van der Waals surface area contributed by atoms with E-state index < -0.39 is 15.7 Å². The number of carbonyl (C=O) groups is 2. The quantitative estimate of drug-likeness (QED) is 0.746. The second-order valence-corrected chi connectivity index (χ2v) is 11.7. The molecule has 1 saturated heterocycles. The highest BCUT2D eigenvalue weighted by molar-refractivity contribution is 7.91. The van der Waals surface area contributed by atoms with E-state index in [1.54, 1.807) is 16.8 Å². The van der Waals surface area contributed by atoms with Crippen molar-refractivity contribution in [3.8, 4) is 5.69 Å². The molecule has 0 spiro atoms. The van der Waals surface area contributed by atoms with Crippen molar-refractivity contribution in [3.05, 3.63) is 40.7 Å². The topological polar surface area (TPSA) is 124 Å². The minimum absolute atomic E-state index is 0.0642. The van der Waals surface area contributed by atoms with E-state index in [1.807, 2.05) is 13.0 Å². The molecule has 166 valence electrons. The van der Waals surface area contributed by atoms with Gasteiger partial charge in [0.1, 0.15) is 9.84 Å². The van der Waals surface area contributed by atoms with Crippen molar-refractivity contribution in [2.24, 2.45) is 11.1 Å². The number of anilines is 1. The molecule has 1 amide bonds. The highest BCUT2D eigenvalue weighted by Crippen LogP contribution is 2.37. The highest BCUT2D eigenvalue weighted by Gasteiger charge is 2.36. The van der Waals surface area contributed by atoms with Crippen LogP contribution in [0.5, 0.6) is 0 Å². The van der Waals surface area contributed by atoms with Crippen LogP contribution in [0.25, 0.3) is 5.69 Å². The Hall–Kier alpha value is -2.68. The van der Waals surface area contributed by atoms with Crippen LogP contribution >= 0.6 is 0 Å². The first-order chi connectivity index (χ1) is 14.5. The third kappa shape index (κ3) is 4.23. The van der Waals surface area contributed by atoms with Crippen LogP contribution in [-0.2, 0) is 16.3 Å². The van der Waals surface area contributed by atoms with E-state index in [0.29, 0.717) is 41.8 Å². The molecule has 9 heteroatoms. The first-order valence-electron chi connectivity index (χ1n) is 10.5. The van der Waals surface area contributed by atoms with Crippen molar-refractivity contribution in [1.29, 1.82) is 0 Å². The second-order valence-electron chi connectivity index (χ2n) is 9.42. The van der Waals surface area contributed by atoms with Gasteiger partial charge in [0.05, 0.1) is 39.7 Å². The summed E-state index contributed by atoms with van der Waals surface area (Å²) in [6, 6.07) is 5.17. The molecule has 2 aliphatic rings. The molecule has 1 fully saturated rings. The number of fused-ring (bicyclic) bond motifs is 1. The SMILES string of the molecule is Cc1nn(-c2ccc(C(N)=O)c(NC3CCS(=O)(=O)CC3)c2)c2c1C(=O)CC(C)(C)C2. The Morgan fingerprint density at radius 3 is 2.55 bits per heavy atom. The van der Waals surface area contributed by atoms with Crippen LogP contribution in [-0.4, -0.2) is 47.4 Å². The molecule has 0 radical (unpaired) electrons. The number of benzene rings is 1. The lowest BCUT2D eigenvalue weighted by Gasteiger charge is -2.29. The number of hydrogen-bond acceptors (Lipinski definition) is 6. The van der Waals surface area contributed by atoms with E-state index in [9.17, 15) is 18.0 Å². The fraction of sp³-hybridized carbons (Fsp3) is 0.500. The van der Waals surface area contributed by atoms with Gasteiger partial charge in [-0.2, -0.15) is 5.10 Å². The number of ketones is 1. The minimum Gasteiger partial charge on any atom is -0.382 e. The van der Waals surface area contributed by atoms with Gasteiger partial charge in [-0.15, -0.1) is 0 Å². The van der Waals surface area contributed by atoms with Crippen molar-refractivity contribution >= 4 is 27.2 Å². The fourth-order valence-corrected chi connectivity index (χ4v) is 6.10. The average molecular weight is 445 g/mol. The van der Waals surface area contributed by atoms with E-state index >= 15 is 0 Å². The number of nitrogens with two attached hydrogens (primary N) is 1. The lowest BCUT2D eigenvalue weighted by molar-refractivity contribution is 0.0909. The van der Waals surface area contributed by atoms with Gasteiger partial charge >= 0.3 is 0 Å². The molecular weight excluding hydrogens is 416 g/mol. The number of aryl methyl sites for hydroxylation is 1. The van der Waals surface area contributed by atoms with Gasteiger partial charge in [0.2, 0.25) is 0 Å². The number of Topliss-reactive ketones (excluding diaryl/α,β-unsaturated/α-hetero) is 1. The molecule has 1 aliphatic carbocycles. The van der Waals surface area contributed by atoms with Crippen molar-refractivity contribution < 1.29 is 18.0 Å². The number of hydrogen-bond donors (Lipinski definition) is 2. The summed E-state index contributed by atoms with van der Waals surface area (Å²) < 4.78 is 25.3. The summed E-state index contributed by atoms with van der Waals surface area (Å²) in [4.78, 5) is 24.7. The van der Waals surface area contributed by atoms with Gasteiger partial charge in [0.25, 0.3) is 5.91 Å². The maximum absolute atomic E-state index is 12.7. The number of primary amides is 1. The minimum atomic E-state index is -2.99. The molecule has 1 aliphatic heterocycles. The molecule has 3 N–H and O–H groups in total. The van der Waals surface area contributed by atoms with Crippen LogP contribution in [0.1, 0.15) is 65.2 Å². The molecule has 2 heterocycles. The van der Waals surface area contributed by atoms with Crippen molar-refractivity contribution in [2.75, 3.05) is 16.8 Å². The van der Waals surface area contributed by atoms with Crippen molar-refractivity contribution in [3.63, 3.8) is 0 Å². The van der Waals surface area contributed by atoms with Gasteiger partial charge in [0, 0.05) is 18.2 Å². The normalized spacial score (nSPS) is 20.3. The number of sulfone groups is 1. The molecule has 31 heavy (non-hydrogen) atoms. The van der Waals surface area contributed by atoms with Crippen LogP contribution < -0.4 is 11.1 Å². The Morgan fingerprint density at radius 2 is 1.90 bits per heavy atom. The monoisotopic (exact) mass is 444 g/mol. The predicted molar refractivity (Wildman–Crippen MR) is 119 cm³/mol. The molecule has 1 aromatic carbocycles. The molecule has 8 nitrogen and oxygen atoms in total. The zero-order valence-corrected chi connectivity index (χ0v) is 18.9. The summed E-state index contributed by atoms with van der Waals surface area (Å²) in [5, 5.41) is 7.95. The molecular formula is C22H28N4O4S. The molecule has 0 saturated carbocycles. The second kappa shape index (κ2) is 7.47. The summed E-state index contributed by atoms with van der Waals surface area (Å²) in [5.41, 5.74) is 9.30. The Labute approximate surface area is 182 Å². The van der Waals surface area contributed by atoms with Gasteiger partial charge in [-0.05, 0) is 49.8 Å². The van der Waals surface area contributed by atoms with Crippen LogP contribution in [0.15, 0.2) is 18.2 Å². The lowest BCUT2D eigenvalue weighted by Crippen LogP contribution is -2.33. The first-order valence-corrected chi connectivity index (χ1v) is 12.3. The first kappa shape index (κ1) is 21.5. The van der Waals surface area contributed by atoms with Gasteiger partial charge in [-0.3, -0.25) is 9.59 Å². The smallest absolute Gasteiger partial charge is 0.250 e. The largest absolute Gasteiger partial charge is 0.382 e. The number of nitrogens with one attached hydrogen (secondary N) is 1. The summed E-state index contributed by atoms with van der Waals surface area (Å²) >= 11 is 0.